The summed E-state index contributed by atoms with van der Waals surface area (Å²) in [5, 5.41) is 2.76. The van der Waals surface area contributed by atoms with Crippen LogP contribution in [0.1, 0.15) is 25.0 Å². The zero-order valence-corrected chi connectivity index (χ0v) is 15.2. The Morgan fingerprint density at radius 2 is 1.76 bits per heavy atom. The van der Waals surface area contributed by atoms with Gasteiger partial charge in [0.2, 0.25) is 15.9 Å². The third kappa shape index (κ3) is 6.28. The minimum absolute atomic E-state index is 0.160. The van der Waals surface area contributed by atoms with Crippen molar-refractivity contribution in [3.63, 3.8) is 0 Å². The van der Waals surface area contributed by atoms with Crippen LogP contribution in [0.4, 0.5) is 0 Å². The molecule has 2 N–H and O–H groups in total. The second-order valence-electron chi connectivity index (χ2n) is 6.16. The van der Waals surface area contributed by atoms with Crippen molar-refractivity contribution in [2.45, 2.75) is 32.2 Å². The summed E-state index contributed by atoms with van der Waals surface area (Å²) >= 11 is 0. The van der Waals surface area contributed by atoms with Crippen molar-refractivity contribution in [2.24, 2.45) is 5.92 Å². The minimum atomic E-state index is -3.63. The first-order valence-electron chi connectivity index (χ1n) is 8.08. The van der Waals surface area contributed by atoms with Gasteiger partial charge in [0.15, 0.2) is 0 Å². The molecule has 0 bridgehead atoms. The van der Waals surface area contributed by atoms with E-state index in [2.05, 4.69) is 15.0 Å². The largest absolute Gasteiger partial charge is 0.351 e. The van der Waals surface area contributed by atoms with Crippen LogP contribution in [0.5, 0.6) is 0 Å². The Morgan fingerprint density at radius 3 is 2.36 bits per heavy atom. The van der Waals surface area contributed by atoms with Crippen molar-refractivity contribution < 1.29 is 13.2 Å². The van der Waals surface area contributed by atoms with E-state index in [1.807, 2.05) is 12.1 Å². The molecule has 0 saturated carbocycles. The Labute approximate surface area is 148 Å². The number of hydrogen-bond donors (Lipinski definition) is 2. The van der Waals surface area contributed by atoms with Gasteiger partial charge in [-0.2, -0.15) is 0 Å². The van der Waals surface area contributed by atoms with Crippen LogP contribution in [-0.2, 0) is 27.1 Å². The Bertz CT molecular complexity index is 778. The molecule has 0 radical (unpaired) electrons. The van der Waals surface area contributed by atoms with E-state index in [4.69, 9.17) is 0 Å². The normalized spacial score (nSPS) is 12.8. The highest BCUT2D eigenvalue weighted by Gasteiger charge is 2.27. The van der Waals surface area contributed by atoms with Crippen LogP contribution in [0.25, 0.3) is 0 Å². The van der Waals surface area contributed by atoms with Crippen molar-refractivity contribution in [1.82, 2.24) is 15.0 Å². The molecular formula is C18H23N3O3S. The van der Waals surface area contributed by atoms with Gasteiger partial charge in [-0.05, 0) is 23.1 Å². The molecule has 0 aliphatic heterocycles. The summed E-state index contributed by atoms with van der Waals surface area (Å²) in [6, 6.07) is 11.7. The van der Waals surface area contributed by atoms with Crippen LogP contribution in [0.2, 0.25) is 0 Å². The Morgan fingerprint density at radius 1 is 1.08 bits per heavy atom. The van der Waals surface area contributed by atoms with Gasteiger partial charge in [-0.25, -0.2) is 13.1 Å². The number of nitrogens with zero attached hydrogens (tertiary/aromatic N) is 1. The number of rotatable bonds is 8. The highest BCUT2D eigenvalue weighted by Crippen LogP contribution is 2.09. The summed E-state index contributed by atoms with van der Waals surface area (Å²) in [6.45, 7) is 3.91. The fraction of sp³-hybridized carbons (Fsp3) is 0.333. The standard InChI is InChI=1S/C18H23N3O3S/c1-14(2)17(18(22)20-12-16-9-6-10-19-11-16)21-25(23,24)13-15-7-4-3-5-8-15/h3-11,14,17,21H,12-13H2,1-2H3,(H,20,22)/t17-/m1/s1. The summed E-state index contributed by atoms with van der Waals surface area (Å²) in [6.07, 6.45) is 3.31. The molecule has 0 aliphatic carbocycles. The van der Waals surface area contributed by atoms with Gasteiger partial charge in [-0.15, -0.1) is 0 Å². The Kier molecular flexibility index (Phi) is 6.66. The predicted octanol–water partition coefficient (Wildman–Crippen LogP) is 1.84. The van der Waals surface area contributed by atoms with Crippen LogP contribution in [-0.4, -0.2) is 25.4 Å². The van der Waals surface area contributed by atoms with E-state index in [1.54, 1.807) is 56.6 Å². The molecule has 2 rings (SSSR count). The molecule has 1 aromatic heterocycles. The monoisotopic (exact) mass is 361 g/mol. The number of hydrogen-bond acceptors (Lipinski definition) is 4. The lowest BCUT2D eigenvalue weighted by Crippen LogP contribution is -2.49. The van der Waals surface area contributed by atoms with Gasteiger partial charge in [0.05, 0.1) is 5.75 Å². The van der Waals surface area contributed by atoms with E-state index in [0.717, 1.165) is 5.56 Å². The first-order chi connectivity index (χ1) is 11.9. The molecule has 0 unspecified atom stereocenters. The molecule has 1 heterocycles. The number of amides is 1. The quantitative estimate of drug-likeness (QED) is 0.751. The van der Waals surface area contributed by atoms with Crippen molar-refractivity contribution in [3.05, 3.63) is 66.0 Å². The maximum absolute atomic E-state index is 12.4. The van der Waals surface area contributed by atoms with E-state index in [-0.39, 0.29) is 17.6 Å². The first-order valence-corrected chi connectivity index (χ1v) is 9.73. The van der Waals surface area contributed by atoms with Gasteiger partial charge >= 0.3 is 0 Å². The number of sulfonamides is 1. The maximum atomic E-state index is 12.4. The number of pyridine rings is 1. The molecule has 6 nitrogen and oxygen atoms in total. The van der Waals surface area contributed by atoms with Crippen molar-refractivity contribution in [1.29, 1.82) is 0 Å². The molecular weight excluding hydrogens is 338 g/mol. The molecule has 0 spiro atoms. The van der Waals surface area contributed by atoms with E-state index >= 15 is 0 Å². The number of benzene rings is 1. The van der Waals surface area contributed by atoms with Gasteiger partial charge in [0.1, 0.15) is 6.04 Å². The second kappa shape index (κ2) is 8.73. The lowest BCUT2D eigenvalue weighted by molar-refractivity contribution is -0.123. The summed E-state index contributed by atoms with van der Waals surface area (Å²) in [5.41, 5.74) is 1.53. The van der Waals surface area contributed by atoms with Crippen LogP contribution < -0.4 is 10.0 Å². The zero-order chi connectivity index (χ0) is 18.3. The SMILES string of the molecule is CC(C)[C@@H](NS(=O)(=O)Cc1ccccc1)C(=O)NCc1cccnc1. The molecule has 1 amide bonds. The Hall–Kier alpha value is -2.25. The highest BCUT2D eigenvalue weighted by molar-refractivity contribution is 7.88. The van der Waals surface area contributed by atoms with E-state index in [0.29, 0.717) is 12.1 Å². The molecule has 0 saturated heterocycles. The van der Waals surface area contributed by atoms with Crippen LogP contribution in [0.15, 0.2) is 54.9 Å². The molecule has 1 aromatic carbocycles. The van der Waals surface area contributed by atoms with Crippen LogP contribution in [0, 0.1) is 5.92 Å². The van der Waals surface area contributed by atoms with Crippen molar-refractivity contribution in [2.75, 3.05) is 0 Å². The third-order valence-electron chi connectivity index (χ3n) is 3.64. The fourth-order valence-corrected chi connectivity index (χ4v) is 3.80. The van der Waals surface area contributed by atoms with Crippen molar-refractivity contribution in [3.8, 4) is 0 Å². The average molecular weight is 361 g/mol. The van der Waals surface area contributed by atoms with Gasteiger partial charge in [-0.3, -0.25) is 9.78 Å². The summed E-state index contributed by atoms with van der Waals surface area (Å²) in [5.74, 6) is -0.692. The van der Waals surface area contributed by atoms with E-state index in [1.165, 1.54) is 0 Å². The first kappa shape index (κ1) is 19.1. The second-order valence-corrected chi connectivity index (χ2v) is 7.92. The molecule has 7 heteroatoms. The van der Waals surface area contributed by atoms with Gasteiger partial charge in [0, 0.05) is 18.9 Å². The molecule has 134 valence electrons. The van der Waals surface area contributed by atoms with Gasteiger partial charge in [-0.1, -0.05) is 50.2 Å². The van der Waals surface area contributed by atoms with Crippen LogP contribution >= 0.6 is 0 Å². The highest BCUT2D eigenvalue weighted by atomic mass is 32.2. The lowest BCUT2D eigenvalue weighted by atomic mass is 10.0. The van der Waals surface area contributed by atoms with Gasteiger partial charge < -0.3 is 5.32 Å². The van der Waals surface area contributed by atoms with Crippen LogP contribution in [0.3, 0.4) is 0 Å². The average Bonchev–Trinajstić information content (AvgIpc) is 2.59. The van der Waals surface area contributed by atoms with Crippen molar-refractivity contribution >= 4 is 15.9 Å². The van der Waals surface area contributed by atoms with E-state index < -0.39 is 16.1 Å². The summed E-state index contributed by atoms with van der Waals surface area (Å²) in [4.78, 5) is 16.4. The maximum Gasteiger partial charge on any atom is 0.238 e. The fourth-order valence-electron chi connectivity index (χ4n) is 2.32. The lowest BCUT2D eigenvalue weighted by Gasteiger charge is -2.21. The molecule has 2 aromatic rings. The minimum Gasteiger partial charge on any atom is -0.351 e. The molecule has 25 heavy (non-hydrogen) atoms. The molecule has 1 atom stereocenters. The Balaban J connectivity index is 2.00. The number of carbonyl (C=O) groups excluding carboxylic acids is 1. The third-order valence-corrected chi connectivity index (χ3v) is 4.97. The molecule has 0 fully saturated rings. The summed E-state index contributed by atoms with van der Waals surface area (Å²) in [7, 11) is -3.63. The number of aromatic nitrogens is 1. The predicted molar refractivity (Wildman–Crippen MR) is 96.9 cm³/mol. The van der Waals surface area contributed by atoms with E-state index in [9.17, 15) is 13.2 Å². The number of nitrogens with one attached hydrogen (secondary N) is 2. The molecule has 0 aliphatic rings. The number of carbonyl (C=O) groups is 1. The summed E-state index contributed by atoms with van der Waals surface area (Å²) < 4.78 is 27.3. The smallest absolute Gasteiger partial charge is 0.238 e. The topological polar surface area (TPSA) is 88.2 Å². The van der Waals surface area contributed by atoms with Gasteiger partial charge in [0.25, 0.3) is 0 Å². The zero-order valence-electron chi connectivity index (χ0n) is 14.3.